The molecule has 2 N–H and O–H groups in total. The molecule has 0 bridgehead atoms. The maximum Gasteiger partial charge on any atom is 0.236 e. The van der Waals surface area contributed by atoms with Crippen LogP contribution < -0.4 is 10.5 Å². The molecule has 0 atom stereocenters. The van der Waals surface area contributed by atoms with Gasteiger partial charge in [0.15, 0.2) is 0 Å². The van der Waals surface area contributed by atoms with Crippen molar-refractivity contribution in [2.75, 3.05) is 12.8 Å². The lowest BCUT2D eigenvalue weighted by atomic mass is 10.1. The van der Waals surface area contributed by atoms with E-state index in [2.05, 4.69) is 4.98 Å². The highest BCUT2D eigenvalue weighted by molar-refractivity contribution is 6.33. The minimum Gasteiger partial charge on any atom is -0.480 e. The van der Waals surface area contributed by atoms with Crippen LogP contribution in [0.4, 0.5) is 5.69 Å². The van der Waals surface area contributed by atoms with E-state index in [-0.39, 0.29) is 0 Å². The van der Waals surface area contributed by atoms with Crippen LogP contribution in [0.1, 0.15) is 0 Å². The van der Waals surface area contributed by atoms with Crippen LogP contribution in [0.15, 0.2) is 36.5 Å². The van der Waals surface area contributed by atoms with Crippen molar-refractivity contribution in [2.24, 2.45) is 0 Å². The average molecular weight is 235 g/mol. The van der Waals surface area contributed by atoms with Gasteiger partial charge in [0.25, 0.3) is 0 Å². The summed E-state index contributed by atoms with van der Waals surface area (Å²) in [5.41, 5.74) is 8.08. The maximum atomic E-state index is 6.08. The standard InChI is InChI=1S/C12H11ClN2O/c1-16-12-11(14)6-8(7-15-12)9-4-2-3-5-10(9)13/h2-7H,14H2,1H3. The molecular formula is C12H11ClN2O. The topological polar surface area (TPSA) is 48.1 Å². The van der Waals surface area contributed by atoms with Crippen molar-refractivity contribution in [2.45, 2.75) is 0 Å². The quantitative estimate of drug-likeness (QED) is 0.869. The van der Waals surface area contributed by atoms with E-state index in [1.807, 2.05) is 24.3 Å². The Labute approximate surface area is 98.8 Å². The molecule has 0 fully saturated rings. The zero-order valence-electron chi connectivity index (χ0n) is 8.77. The van der Waals surface area contributed by atoms with Gasteiger partial charge < -0.3 is 10.5 Å². The van der Waals surface area contributed by atoms with Crippen molar-refractivity contribution >= 4 is 17.3 Å². The molecular weight excluding hydrogens is 224 g/mol. The fourth-order valence-electron chi connectivity index (χ4n) is 1.48. The number of hydrogen-bond acceptors (Lipinski definition) is 3. The number of rotatable bonds is 2. The predicted octanol–water partition coefficient (Wildman–Crippen LogP) is 2.99. The van der Waals surface area contributed by atoms with Crippen LogP contribution >= 0.6 is 11.6 Å². The molecule has 1 aromatic carbocycles. The van der Waals surface area contributed by atoms with E-state index in [4.69, 9.17) is 22.1 Å². The summed E-state index contributed by atoms with van der Waals surface area (Å²) in [5.74, 6) is 0.427. The van der Waals surface area contributed by atoms with Gasteiger partial charge in [-0.3, -0.25) is 0 Å². The van der Waals surface area contributed by atoms with E-state index in [9.17, 15) is 0 Å². The van der Waals surface area contributed by atoms with Crippen molar-refractivity contribution in [1.29, 1.82) is 0 Å². The molecule has 0 amide bonds. The molecule has 0 saturated carbocycles. The number of nitrogens with two attached hydrogens (primary N) is 1. The van der Waals surface area contributed by atoms with Gasteiger partial charge in [-0.25, -0.2) is 4.98 Å². The molecule has 2 rings (SSSR count). The highest BCUT2D eigenvalue weighted by Crippen LogP contribution is 2.30. The van der Waals surface area contributed by atoms with Gasteiger partial charge in [0.1, 0.15) is 0 Å². The number of hydrogen-bond donors (Lipinski definition) is 1. The number of halogens is 1. The Morgan fingerprint density at radius 1 is 1.31 bits per heavy atom. The highest BCUT2D eigenvalue weighted by atomic mass is 35.5. The molecule has 0 aliphatic rings. The average Bonchev–Trinajstić information content (AvgIpc) is 2.29. The minimum absolute atomic E-state index is 0.427. The number of ether oxygens (including phenoxy) is 1. The Bertz CT molecular complexity index is 514. The lowest BCUT2D eigenvalue weighted by Crippen LogP contribution is -1.95. The second kappa shape index (κ2) is 4.41. The van der Waals surface area contributed by atoms with Gasteiger partial charge in [-0.05, 0) is 12.1 Å². The van der Waals surface area contributed by atoms with Crippen molar-refractivity contribution < 1.29 is 4.74 Å². The van der Waals surface area contributed by atoms with E-state index >= 15 is 0 Å². The first-order valence-corrected chi connectivity index (χ1v) is 5.14. The summed E-state index contributed by atoms with van der Waals surface area (Å²) in [7, 11) is 1.54. The summed E-state index contributed by atoms with van der Waals surface area (Å²) in [4.78, 5) is 4.11. The van der Waals surface area contributed by atoms with Crippen LogP contribution in [-0.4, -0.2) is 12.1 Å². The van der Waals surface area contributed by atoms with E-state index in [1.54, 1.807) is 12.3 Å². The first kappa shape index (κ1) is 10.8. The lowest BCUT2D eigenvalue weighted by Gasteiger charge is -2.07. The van der Waals surface area contributed by atoms with Crippen molar-refractivity contribution in [3.63, 3.8) is 0 Å². The van der Waals surface area contributed by atoms with Gasteiger partial charge in [0.2, 0.25) is 5.88 Å². The van der Waals surface area contributed by atoms with Gasteiger partial charge in [-0.15, -0.1) is 0 Å². The molecule has 0 spiro atoms. The largest absolute Gasteiger partial charge is 0.480 e. The molecule has 1 aromatic heterocycles. The molecule has 4 heteroatoms. The van der Waals surface area contributed by atoms with Crippen molar-refractivity contribution in [1.82, 2.24) is 4.98 Å². The van der Waals surface area contributed by atoms with E-state index < -0.39 is 0 Å². The Morgan fingerprint density at radius 2 is 2.06 bits per heavy atom. The zero-order chi connectivity index (χ0) is 11.5. The monoisotopic (exact) mass is 234 g/mol. The molecule has 0 radical (unpaired) electrons. The highest BCUT2D eigenvalue weighted by Gasteiger charge is 2.06. The third-order valence-corrected chi connectivity index (χ3v) is 2.59. The molecule has 2 aromatic rings. The van der Waals surface area contributed by atoms with Crippen molar-refractivity contribution in [3.8, 4) is 17.0 Å². The summed E-state index contributed by atoms with van der Waals surface area (Å²) in [6.45, 7) is 0. The van der Waals surface area contributed by atoms with Crippen LogP contribution in [0.5, 0.6) is 5.88 Å². The van der Waals surface area contributed by atoms with Crippen LogP contribution in [-0.2, 0) is 0 Å². The van der Waals surface area contributed by atoms with Gasteiger partial charge >= 0.3 is 0 Å². The Hall–Kier alpha value is -1.74. The van der Waals surface area contributed by atoms with E-state index in [0.29, 0.717) is 16.6 Å². The smallest absolute Gasteiger partial charge is 0.236 e. The Morgan fingerprint density at radius 3 is 2.69 bits per heavy atom. The summed E-state index contributed by atoms with van der Waals surface area (Å²) in [6, 6.07) is 9.35. The fraction of sp³-hybridized carbons (Fsp3) is 0.0833. The van der Waals surface area contributed by atoms with Crippen LogP contribution in [0, 0.1) is 0 Å². The predicted molar refractivity (Wildman–Crippen MR) is 65.6 cm³/mol. The third kappa shape index (κ3) is 1.95. The summed E-state index contributed by atoms with van der Waals surface area (Å²) < 4.78 is 5.00. The molecule has 0 aliphatic heterocycles. The SMILES string of the molecule is COc1ncc(-c2ccccc2Cl)cc1N. The number of methoxy groups -OCH3 is 1. The second-order valence-corrected chi connectivity index (χ2v) is 3.71. The molecule has 1 heterocycles. The summed E-state index contributed by atoms with van der Waals surface area (Å²) in [6.07, 6.45) is 1.69. The zero-order valence-corrected chi connectivity index (χ0v) is 9.53. The number of aromatic nitrogens is 1. The molecule has 3 nitrogen and oxygen atoms in total. The van der Waals surface area contributed by atoms with E-state index in [1.165, 1.54) is 7.11 Å². The van der Waals surface area contributed by atoms with E-state index in [0.717, 1.165) is 11.1 Å². The van der Waals surface area contributed by atoms with Crippen molar-refractivity contribution in [3.05, 3.63) is 41.6 Å². The maximum absolute atomic E-state index is 6.08. The molecule has 0 saturated heterocycles. The number of nitrogen functional groups attached to an aromatic ring is 1. The van der Waals surface area contributed by atoms with Gasteiger partial charge in [0, 0.05) is 22.3 Å². The van der Waals surface area contributed by atoms with Crippen LogP contribution in [0.2, 0.25) is 5.02 Å². The number of nitrogens with zero attached hydrogens (tertiary/aromatic N) is 1. The fourth-order valence-corrected chi connectivity index (χ4v) is 1.73. The molecule has 16 heavy (non-hydrogen) atoms. The molecule has 82 valence electrons. The number of anilines is 1. The second-order valence-electron chi connectivity index (χ2n) is 3.30. The third-order valence-electron chi connectivity index (χ3n) is 2.26. The minimum atomic E-state index is 0.427. The first-order chi connectivity index (χ1) is 7.72. The summed E-state index contributed by atoms with van der Waals surface area (Å²) >= 11 is 6.08. The van der Waals surface area contributed by atoms with Crippen LogP contribution in [0.3, 0.4) is 0 Å². The molecule has 0 unspecified atom stereocenters. The number of benzene rings is 1. The number of pyridine rings is 1. The van der Waals surface area contributed by atoms with Gasteiger partial charge in [-0.2, -0.15) is 0 Å². The molecule has 0 aliphatic carbocycles. The first-order valence-electron chi connectivity index (χ1n) is 4.77. The summed E-state index contributed by atoms with van der Waals surface area (Å²) in [5, 5.41) is 0.675. The van der Waals surface area contributed by atoms with Gasteiger partial charge in [0.05, 0.1) is 12.8 Å². The normalized spacial score (nSPS) is 10.1. The van der Waals surface area contributed by atoms with Crippen LogP contribution in [0.25, 0.3) is 11.1 Å². The Kier molecular flexibility index (Phi) is 2.97. The Balaban J connectivity index is 2.50. The van der Waals surface area contributed by atoms with Gasteiger partial charge in [-0.1, -0.05) is 29.8 Å². The lowest BCUT2D eigenvalue weighted by molar-refractivity contribution is 0.400.